The molecule has 1 aromatic rings. The molecule has 84 valence electrons. The van der Waals surface area contributed by atoms with Crippen LogP contribution in [-0.4, -0.2) is 0 Å². The van der Waals surface area contributed by atoms with E-state index in [1.54, 1.807) is 6.07 Å². The first kappa shape index (κ1) is 12.4. The highest BCUT2D eigenvalue weighted by Gasteiger charge is 2.27. The van der Waals surface area contributed by atoms with E-state index in [0.717, 1.165) is 25.3 Å². The lowest BCUT2D eigenvalue weighted by Gasteiger charge is -2.31. The third kappa shape index (κ3) is 2.29. The standard InChI is InChI=1S/C11H13F2N.ClH/c12-9-6-2-5-8(10(9)13)11(14)7-3-1-4-7;/h2,5-7,11H,1,3-4,14H2;1H/t11-;/m1./s1. The molecule has 0 saturated heterocycles. The van der Waals surface area contributed by atoms with Crippen molar-refractivity contribution in [2.75, 3.05) is 0 Å². The second-order valence-corrected chi connectivity index (χ2v) is 3.86. The van der Waals surface area contributed by atoms with Crippen LogP contribution < -0.4 is 5.73 Å². The molecule has 1 nitrogen and oxygen atoms in total. The molecule has 1 saturated carbocycles. The Labute approximate surface area is 94.1 Å². The Bertz CT molecular complexity index is 339. The van der Waals surface area contributed by atoms with Gasteiger partial charge in [-0.2, -0.15) is 0 Å². The summed E-state index contributed by atoms with van der Waals surface area (Å²) in [6, 6.07) is 3.85. The van der Waals surface area contributed by atoms with E-state index in [4.69, 9.17) is 5.73 Å². The lowest BCUT2D eigenvalue weighted by atomic mass is 9.77. The van der Waals surface area contributed by atoms with Crippen LogP contribution in [0.4, 0.5) is 8.78 Å². The highest BCUT2D eigenvalue weighted by Crippen LogP contribution is 2.37. The highest BCUT2D eigenvalue weighted by atomic mass is 35.5. The van der Waals surface area contributed by atoms with Gasteiger partial charge in [0.1, 0.15) is 0 Å². The van der Waals surface area contributed by atoms with Crippen molar-refractivity contribution >= 4 is 12.4 Å². The molecule has 0 unspecified atom stereocenters. The first-order valence-electron chi connectivity index (χ1n) is 4.89. The predicted octanol–water partition coefficient (Wildman–Crippen LogP) is 3.19. The molecule has 0 amide bonds. The minimum atomic E-state index is -0.808. The van der Waals surface area contributed by atoms with Crippen molar-refractivity contribution in [3.8, 4) is 0 Å². The van der Waals surface area contributed by atoms with E-state index >= 15 is 0 Å². The summed E-state index contributed by atoms with van der Waals surface area (Å²) in [6.45, 7) is 0. The lowest BCUT2D eigenvalue weighted by molar-refractivity contribution is 0.259. The van der Waals surface area contributed by atoms with Gasteiger partial charge in [0.15, 0.2) is 11.6 Å². The fourth-order valence-electron chi connectivity index (χ4n) is 1.83. The first-order chi connectivity index (χ1) is 6.70. The van der Waals surface area contributed by atoms with Crippen LogP contribution in [0.5, 0.6) is 0 Å². The molecule has 2 N–H and O–H groups in total. The average molecular weight is 234 g/mol. The Morgan fingerprint density at radius 3 is 2.47 bits per heavy atom. The Balaban J connectivity index is 0.00000112. The zero-order valence-corrected chi connectivity index (χ0v) is 9.07. The largest absolute Gasteiger partial charge is 0.324 e. The second kappa shape index (κ2) is 4.90. The van der Waals surface area contributed by atoms with Crippen LogP contribution in [0, 0.1) is 17.6 Å². The van der Waals surface area contributed by atoms with Crippen LogP contribution in [0.1, 0.15) is 30.9 Å². The van der Waals surface area contributed by atoms with Gasteiger partial charge < -0.3 is 5.73 Å². The van der Waals surface area contributed by atoms with Gasteiger partial charge in [-0.1, -0.05) is 18.6 Å². The SMILES string of the molecule is Cl.N[C@@H](c1cccc(F)c1F)C1CCC1. The number of rotatable bonds is 2. The summed E-state index contributed by atoms with van der Waals surface area (Å²) in [6.07, 6.45) is 3.20. The molecule has 0 radical (unpaired) electrons. The predicted molar refractivity (Wildman–Crippen MR) is 57.9 cm³/mol. The molecule has 0 bridgehead atoms. The Kier molecular flexibility index (Phi) is 4.05. The van der Waals surface area contributed by atoms with Crippen LogP contribution in [0.3, 0.4) is 0 Å². The van der Waals surface area contributed by atoms with Gasteiger partial charge in [-0.3, -0.25) is 0 Å². The van der Waals surface area contributed by atoms with Crippen molar-refractivity contribution in [3.63, 3.8) is 0 Å². The molecule has 15 heavy (non-hydrogen) atoms. The van der Waals surface area contributed by atoms with Gasteiger partial charge in [-0.15, -0.1) is 12.4 Å². The van der Waals surface area contributed by atoms with Crippen molar-refractivity contribution in [3.05, 3.63) is 35.4 Å². The van der Waals surface area contributed by atoms with Crippen molar-refractivity contribution < 1.29 is 8.78 Å². The quantitative estimate of drug-likeness (QED) is 0.834. The van der Waals surface area contributed by atoms with E-state index < -0.39 is 11.6 Å². The topological polar surface area (TPSA) is 26.0 Å². The summed E-state index contributed by atoms with van der Waals surface area (Å²) in [4.78, 5) is 0. The summed E-state index contributed by atoms with van der Waals surface area (Å²) in [5, 5.41) is 0. The maximum absolute atomic E-state index is 13.3. The molecule has 1 aliphatic rings. The first-order valence-corrected chi connectivity index (χ1v) is 4.89. The molecule has 0 spiro atoms. The van der Waals surface area contributed by atoms with Crippen molar-refractivity contribution in [1.29, 1.82) is 0 Å². The van der Waals surface area contributed by atoms with Gasteiger partial charge in [0, 0.05) is 11.6 Å². The number of hydrogen-bond donors (Lipinski definition) is 1. The summed E-state index contributed by atoms with van der Waals surface area (Å²) in [5.41, 5.74) is 6.18. The monoisotopic (exact) mass is 233 g/mol. The minimum absolute atomic E-state index is 0. The van der Waals surface area contributed by atoms with Crippen LogP contribution in [0.25, 0.3) is 0 Å². The van der Waals surface area contributed by atoms with E-state index in [-0.39, 0.29) is 18.4 Å². The molecule has 0 aromatic heterocycles. The Morgan fingerprint density at radius 1 is 1.27 bits per heavy atom. The molecule has 1 atom stereocenters. The van der Waals surface area contributed by atoms with Crippen LogP contribution in [-0.2, 0) is 0 Å². The van der Waals surface area contributed by atoms with Crippen LogP contribution >= 0.6 is 12.4 Å². The van der Waals surface area contributed by atoms with Gasteiger partial charge in [0.2, 0.25) is 0 Å². The average Bonchev–Trinajstić information content (AvgIpc) is 2.06. The molecular weight excluding hydrogens is 220 g/mol. The van der Waals surface area contributed by atoms with E-state index in [1.807, 2.05) is 0 Å². The maximum atomic E-state index is 13.3. The minimum Gasteiger partial charge on any atom is -0.324 e. The van der Waals surface area contributed by atoms with E-state index in [9.17, 15) is 8.78 Å². The third-order valence-corrected chi connectivity index (χ3v) is 3.00. The van der Waals surface area contributed by atoms with Crippen molar-refractivity contribution in [2.24, 2.45) is 11.7 Å². The lowest BCUT2D eigenvalue weighted by Crippen LogP contribution is -2.27. The molecular formula is C11H14ClF2N. The molecule has 2 rings (SSSR count). The van der Waals surface area contributed by atoms with Gasteiger partial charge in [-0.25, -0.2) is 8.78 Å². The highest BCUT2D eigenvalue weighted by molar-refractivity contribution is 5.85. The smallest absolute Gasteiger partial charge is 0.163 e. The van der Waals surface area contributed by atoms with Gasteiger partial charge >= 0.3 is 0 Å². The summed E-state index contributed by atoms with van der Waals surface area (Å²) in [5.74, 6) is -1.27. The Morgan fingerprint density at radius 2 is 1.93 bits per heavy atom. The van der Waals surface area contributed by atoms with Crippen molar-refractivity contribution in [1.82, 2.24) is 0 Å². The second-order valence-electron chi connectivity index (χ2n) is 3.86. The van der Waals surface area contributed by atoms with Crippen molar-refractivity contribution in [2.45, 2.75) is 25.3 Å². The van der Waals surface area contributed by atoms with E-state index in [1.165, 1.54) is 6.07 Å². The molecule has 0 aliphatic heterocycles. The molecule has 4 heteroatoms. The molecule has 1 aromatic carbocycles. The summed E-state index contributed by atoms with van der Waals surface area (Å²) in [7, 11) is 0. The fourth-order valence-corrected chi connectivity index (χ4v) is 1.83. The zero-order valence-electron chi connectivity index (χ0n) is 8.25. The van der Waals surface area contributed by atoms with Gasteiger partial charge in [-0.05, 0) is 24.8 Å². The fraction of sp³-hybridized carbons (Fsp3) is 0.455. The van der Waals surface area contributed by atoms with Gasteiger partial charge in [0.05, 0.1) is 0 Å². The maximum Gasteiger partial charge on any atom is 0.163 e. The zero-order chi connectivity index (χ0) is 10.1. The van der Waals surface area contributed by atoms with E-state index in [0.29, 0.717) is 11.5 Å². The number of hydrogen-bond acceptors (Lipinski definition) is 1. The molecule has 1 fully saturated rings. The van der Waals surface area contributed by atoms with E-state index in [2.05, 4.69) is 0 Å². The third-order valence-electron chi connectivity index (χ3n) is 3.00. The number of benzene rings is 1. The summed E-state index contributed by atoms with van der Waals surface area (Å²) < 4.78 is 26.2. The summed E-state index contributed by atoms with van der Waals surface area (Å²) >= 11 is 0. The number of nitrogens with two attached hydrogens (primary N) is 1. The van der Waals surface area contributed by atoms with Crippen LogP contribution in [0.15, 0.2) is 18.2 Å². The Hall–Kier alpha value is -0.670. The number of halogens is 3. The molecule has 0 heterocycles. The molecule has 1 aliphatic carbocycles. The normalized spacial score (nSPS) is 17.8. The van der Waals surface area contributed by atoms with Crippen LogP contribution in [0.2, 0.25) is 0 Å². The van der Waals surface area contributed by atoms with Gasteiger partial charge in [0.25, 0.3) is 0 Å².